The van der Waals surface area contributed by atoms with Gasteiger partial charge in [-0.1, -0.05) is 48.5 Å². The molecule has 0 saturated heterocycles. The van der Waals surface area contributed by atoms with E-state index in [2.05, 4.69) is 10.9 Å². The molecule has 0 spiro atoms. The number of hydrogen-bond acceptors (Lipinski definition) is 4. The molecule has 2 amide bonds. The predicted octanol–water partition coefficient (Wildman–Crippen LogP) is 3.34. The van der Waals surface area contributed by atoms with Crippen molar-refractivity contribution in [2.75, 3.05) is 0 Å². The molecule has 0 aliphatic heterocycles. The second kappa shape index (κ2) is 7.92. The summed E-state index contributed by atoms with van der Waals surface area (Å²) in [6, 6.07) is 21.9. The van der Waals surface area contributed by atoms with Crippen LogP contribution in [0.25, 0.3) is 11.1 Å². The first-order chi connectivity index (χ1) is 13.0. The molecule has 2 N–H and O–H groups in total. The molecule has 7 nitrogen and oxygen atoms in total. The molecule has 0 heterocycles. The van der Waals surface area contributed by atoms with E-state index < -0.39 is 16.7 Å². The molecule has 0 unspecified atom stereocenters. The molecular formula is C20H15N3O4. The van der Waals surface area contributed by atoms with Crippen molar-refractivity contribution in [1.29, 1.82) is 0 Å². The van der Waals surface area contributed by atoms with E-state index in [9.17, 15) is 19.7 Å². The first-order valence-electron chi connectivity index (χ1n) is 8.05. The van der Waals surface area contributed by atoms with Gasteiger partial charge in [0.15, 0.2) is 0 Å². The first kappa shape index (κ1) is 17.8. The monoisotopic (exact) mass is 361 g/mol. The zero-order valence-electron chi connectivity index (χ0n) is 14.1. The summed E-state index contributed by atoms with van der Waals surface area (Å²) < 4.78 is 0. The Hall–Kier alpha value is -4.00. The molecule has 7 heteroatoms. The van der Waals surface area contributed by atoms with Crippen molar-refractivity contribution in [3.63, 3.8) is 0 Å². The van der Waals surface area contributed by atoms with Crippen molar-refractivity contribution in [2.24, 2.45) is 0 Å². The lowest BCUT2D eigenvalue weighted by Gasteiger charge is -2.08. The third-order valence-electron chi connectivity index (χ3n) is 3.86. The number of hydrazine groups is 1. The molecule has 0 aliphatic carbocycles. The number of nitrogens with one attached hydrogen (secondary N) is 2. The van der Waals surface area contributed by atoms with Crippen LogP contribution < -0.4 is 10.9 Å². The van der Waals surface area contributed by atoms with Crippen LogP contribution in [0.3, 0.4) is 0 Å². The Balaban J connectivity index is 1.63. The van der Waals surface area contributed by atoms with E-state index in [0.717, 1.165) is 17.2 Å². The van der Waals surface area contributed by atoms with E-state index in [0.29, 0.717) is 5.56 Å². The van der Waals surface area contributed by atoms with E-state index in [1.54, 1.807) is 12.1 Å². The number of non-ortho nitro benzene ring substituents is 1. The van der Waals surface area contributed by atoms with Gasteiger partial charge in [-0.3, -0.25) is 30.6 Å². The van der Waals surface area contributed by atoms with Gasteiger partial charge in [0.1, 0.15) is 0 Å². The zero-order chi connectivity index (χ0) is 19.2. The van der Waals surface area contributed by atoms with Gasteiger partial charge in [0, 0.05) is 23.3 Å². The summed E-state index contributed by atoms with van der Waals surface area (Å²) in [5.74, 6) is -1.14. The average molecular weight is 361 g/mol. The second-order valence-corrected chi connectivity index (χ2v) is 5.66. The van der Waals surface area contributed by atoms with E-state index in [1.165, 1.54) is 18.2 Å². The molecule has 0 fully saturated rings. The molecule has 3 aromatic carbocycles. The number of nitro benzene ring substituents is 1. The quantitative estimate of drug-likeness (QED) is 0.550. The van der Waals surface area contributed by atoms with Gasteiger partial charge in [-0.05, 0) is 29.3 Å². The number of carbonyl (C=O) groups is 2. The van der Waals surface area contributed by atoms with Crippen LogP contribution in [0.2, 0.25) is 0 Å². The summed E-state index contributed by atoms with van der Waals surface area (Å²) in [6.45, 7) is 0. The Morgan fingerprint density at radius 3 is 1.93 bits per heavy atom. The van der Waals surface area contributed by atoms with Gasteiger partial charge in [0.05, 0.1) is 4.92 Å². The Kier molecular flexibility index (Phi) is 5.22. The van der Waals surface area contributed by atoms with Crippen molar-refractivity contribution < 1.29 is 14.5 Å². The minimum atomic E-state index is -0.645. The highest BCUT2D eigenvalue weighted by atomic mass is 16.6. The van der Waals surface area contributed by atoms with Crippen LogP contribution in [-0.2, 0) is 0 Å². The maximum atomic E-state index is 12.2. The number of nitro groups is 1. The maximum Gasteiger partial charge on any atom is 0.270 e. The molecule has 0 bridgehead atoms. The van der Waals surface area contributed by atoms with Crippen molar-refractivity contribution in [2.45, 2.75) is 0 Å². The van der Waals surface area contributed by atoms with Crippen molar-refractivity contribution in [3.05, 3.63) is 100 Å². The average Bonchev–Trinajstić information content (AvgIpc) is 2.72. The number of nitrogens with zero attached hydrogens (tertiary/aromatic N) is 1. The summed E-state index contributed by atoms with van der Waals surface area (Å²) in [7, 11) is 0. The van der Waals surface area contributed by atoms with Crippen molar-refractivity contribution in [1.82, 2.24) is 10.9 Å². The first-order valence-corrected chi connectivity index (χ1v) is 8.05. The number of hydrogen-bond donors (Lipinski definition) is 2. The van der Waals surface area contributed by atoms with Gasteiger partial charge in [-0.25, -0.2) is 0 Å². The van der Waals surface area contributed by atoms with E-state index in [4.69, 9.17) is 0 Å². The summed E-state index contributed by atoms with van der Waals surface area (Å²) in [5, 5.41) is 10.8. The molecule has 0 atom stereocenters. The lowest BCUT2D eigenvalue weighted by Crippen LogP contribution is -2.41. The molecular weight excluding hydrogens is 346 g/mol. The summed E-state index contributed by atoms with van der Waals surface area (Å²) in [4.78, 5) is 34.4. The third-order valence-corrected chi connectivity index (χ3v) is 3.86. The lowest BCUT2D eigenvalue weighted by atomic mass is 10.0. The van der Waals surface area contributed by atoms with Crippen LogP contribution in [0, 0.1) is 10.1 Å². The molecule has 0 saturated carbocycles. The molecule has 0 aromatic heterocycles. The van der Waals surface area contributed by atoms with Crippen molar-refractivity contribution >= 4 is 17.5 Å². The Bertz CT molecular complexity index is 986. The van der Waals surface area contributed by atoms with E-state index >= 15 is 0 Å². The van der Waals surface area contributed by atoms with Crippen LogP contribution in [0.1, 0.15) is 20.7 Å². The smallest absolute Gasteiger partial charge is 0.267 e. The fourth-order valence-corrected chi connectivity index (χ4v) is 2.46. The fourth-order valence-electron chi connectivity index (χ4n) is 2.46. The number of amides is 2. The molecule has 27 heavy (non-hydrogen) atoms. The fraction of sp³-hybridized carbons (Fsp3) is 0. The molecule has 3 rings (SSSR count). The van der Waals surface area contributed by atoms with E-state index in [-0.39, 0.29) is 11.3 Å². The molecule has 134 valence electrons. The van der Waals surface area contributed by atoms with Crippen LogP contribution in [0.5, 0.6) is 0 Å². The molecule has 0 radical (unpaired) electrons. The molecule has 3 aromatic rings. The minimum absolute atomic E-state index is 0.0731. The largest absolute Gasteiger partial charge is 0.270 e. The number of rotatable bonds is 4. The maximum absolute atomic E-state index is 12.2. The van der Waals surface area contributed by atoms with Crippen LogP contribution >= 0.6 is 0 Å². The highest BCUT2D eigenvalue weighted by Crippen LogP contribution is 2.19. The van der Waals surface area contributed by atoms with Crippen LogP contribution in [-0.4, -0.2) is 16.7 Å². The van der Waals surface area contributed by atoms with Gasteiger partial charge in [0.25, 0.3) is 17.5 Å². The van der Waals surface area contributed by atoms with Crippen LogP contribution in [0.4, 0.5) is 5.69 Å². The minimum Gasteiger partial charge on any atom is -0.267 e. The second-order valence-electron chi connectivity index (χ2n) is 5.66. The van der Waals surface area contributed by atoms with Gasteiger partial charge in [0.2, 0.25) is 0 Å². The highest BCUT2D eigenvalue weighted by molar-refractivity contribution is 5.99. The SMILES string of the molecule is O=C(NNC(=O)c1cccc([N+](=O)[O-])c1)c1ccc(-c2ccccc2)cc1. The van der Waals surface area contributed by atoms with Gasteiger partial charge >= 0.3 is 0 Å². The predicted molar refractivity (Wildman–Crippen MR) is 99.9 cm³/mol. The summed E-state index contributed by atoms with van der Waals surface area (Å²) in [6.07, 6.45) is 0. The normalized spacial score (nSPS) is 10.1. The van der Waals surface area contributed by atoms with Crippen LogP contribution in [0.15, 0.2) is 78.9 Å². The number of carbonyl (C=O) groups excluding carboxylic acids is 2. The highest BCUT2D eigenvalue weighted by Gasteiger charge is 2.13. The Labute approximate surface area is 154 Å². The Morgan fingerprint density at radius 1 is 0.704 bits per heavy atom. The lowest BCUT2D eigenvalue weighted by molar-refractivity contribution is -0.384. The van der Waals surface area contributed by atoms with Gasteiger partial charge in [-0.2, -0.15) is 0 Å². The van der Waals surface area contributed by atoms with Crippen molar-refractivity contribution in [3.8, 4) is 11.1 Å². The molecule has 0 aliphatic rings. The number of benzene rings is 3. The zero-order valence-corrected chi connectivity index (χ0v) is 14.1. The van der Waals surface area contributed by atoms with E-state index in [1.807, 2.05) is 42.5 Å². The summed E-state index contributed by atoms with van der Waals surface area (Å²) in [5.41, 5.74) is 6.78. The van der Waals surface area contributed by atoms with Gasteiger partial charge < -0.3 is 0 Å². The topological polar surface area (TPSA) is 101 Å². The standard InChI is InChI=1S/C20H15N3O4/c24-19(16-11-9-15(10-12-16)14-5-2-1-3-6-14)21-22-20(25)17-7-4-8-18(13-17)23(26)27/h1-13H,(H,21,24)(H,22,25). The van der Waals surface area contributed by atoms with Gasteiger partial charge in [-0.15, -0.1) is 0 Å². The summed E-state index contributed by atoms with van der Waals surface area (Å²) >= 11 is 0. The Morgan fingerprint density at radius 2 is 1.30 bits per heavy atom. The third kappa shape index (κ3) is 4.35.